The third-order valence-electron chi connectivity index (χ3n) is 3.15. The summed E-state index contributed by atoms with van der Waals surface area (Å²) in [6.07, 6.45) is 1.71. The molecule has 0 bridgehead atoms. The minimum Gasteiger partial charge on any atom is -0.497 e. The number of rotatable bonds is 5. The third kappa shape index (κ3) is 2.42. The first-order chi connectivity index (χ1) is 9.62. The van der Waals surface area contributed by atoms with E-state index in [4.69, 9.17) is 19.9 Å². The van der Waals surface area contributed by atoms with E-state index in [0.717, 1.165) is 22.4 Å². The van der Waals surface area contributed by atoms with Gasteiger partial charge in [0.25, 0.3) is 0 Å². The Bertz CT molecular complexity index is 608. The molecule has 20 heavy (non-hydrogen) atoms. The van der Waals surface area contributed by atoms with E-state index in [1.54, 1.807) is 39.3 Å². The van der Waals surface area contributed by atoms with Crippen molar-refractivity contribution in [3.8, 4) is 22.6 Å². The van der Waals surface area contributed by atoms with E-state index in [9.17, 15) is 0 Å². The Balaban J connectivity index is 2.66. The Morgan fingerprint density at radius 1 is 1.15 bits per heavy atom. The highest BCUT2D eigenvalue weighted by Gasteiger charge is 2.17. The van der Waals surface area contributed by atoms with Crippen molar-refractivity contribution in [1.82, 2.24) is 9.78 Å². The van der Waals surface area contributed by atoms with Crippen LogP contribution in [0.2, 0.25) is 0 Å². The van der Waals surface area contributed by atoms with Crippen LogP contribution in [-0.4, -0.2) is 31.1 Å². The van der Waals surface area contributed by atoms with Gasteiger partial charge in [0.15, 0.2) is 0 Å². The van der Waals surface area contributed by atoms with Crippen LogP contribution in [0.5, 0.6) is 11.5 Å². The maximum Gasteiger partial charge on any atom is 0.132 e. The van der Waals surface area contributed by atoms with E-state index >= 15 is 0 Å². The predicted molar refractivity (Wildman–Crippen MR) is 76.9 cm³/mol. The molecule has 0 saturated heterocycles. The van der Waals surface area contributed by atoms with Crippen molar-refractivity contribution in [3.63, 3.8) is 0 Å². The molecule has 0 radical (unpaired) electrons. The Morgan fingerprint density at radius 3 is 2.40 bits per heavy atom. The molecule has 0 saturated carbocycles. The number of nitrogens with zero attached hydrogens (tertiary/aromatic N) is 2. The van der Waals surface area contributed by atoms with Crippen LogP contribution < -0.4 is 15.2 Å². The van der Waals surface area contributed by atoms with Gasteiger partial charge in [-0.1, -0.05) is 0 Å². The number of aryl methyl sites for hydroxylation is 1. The highest BCUT2D eigenvalue weighted by atomic mass is 16.5. The molecule has 0 unspecified atom stereocenters. The smallest absolute Gasteiger partial charge is 0.132 e. The summed E-state index contributed by atoms with van der Waals surface area (Å²) >= 11 is 0. The quantitative estimate of drug-likeness (QED) is 0.902. The van der Waals surface area contributed by atoms with Crippen molar-refractivity contribution in [1.29, 1.82) is 0 Å². The number of nitrogens with two attached hydrogens (primary N) is 1. The summed E-state index contributed by atoms with van der Waals surface area (Å²) in [5.41, 5.74) is 8.59. The van der Waals surface area contributed by atoms with Gasteiger partial charge in [-0.25, -0.2) is 0 Å². The largest absolute Gasteiger partial charge is 0.497 e. The van der Waals surface area contributed by atoms with Crippen LogP contribution in [-0.2, 0) is 18.4 Å². The summed E-state index contributed by atoms with van der Waals surface area (Å²) in [7, 11) is 6.67. The molecular formula is C14H19N3O3. The van der Waals surface area contributed by atoms with Gasteiger partial charge in [0.1, 0.15) is 17.3 Å². The summed E-state index contributed by atoms with van der Waals surface area (Å²) in [4.78, 5) is 0. The average Bonchev–Trinajstić information content (AvgIpc) is 2.78. The van der Waals surface area contributed by atoms with Crippen molar-refractivity contribution < 1.29 is 14.2 Å². The molecule has 1 aromatic heterocycles. The number of ether oxygens (including phenoxy) is 3. The summed E-state index contributed by atoms with van der Waals surface area (Å²) in [6.45, 7) is 0.424. The first-order valence-electron chi connectivity index (χ1n) is 6.14. The summed E-state index contributed by atoms with van der Waals surface area (Å²) in [6, 6.07) is 3.77. The predicted octanol–water partition coefficient (Wildman–Crippen LogP) is 1.83. The molecular weight excluding hydrogens is 258 g/mol. The molecule has 108 valence electrons. The van der Waals surface area contributed by atoms with Gasteiger partial charge in [0, 0.05) is 30.8 Å². The molecule has 0 spiro atoms. The number of hydrogen-bond donors (Lipinski definition) is 1. The molecule has 6 heteroatoms. The van der Waals surface area contributed by atoms with Gasteiger partial charge in [0.2, 0.25) is 0 Å². The lowest BCUT2D eigenvalue weighted by molar-refractivity contribution is 0.181. The normalized spacial score (nSPS) is 10.6. The van der Waals surface area contributed by atoms with Crippen molar-refractivity contribution in [2.75, 3.05) is 27.1 Å². The molecule has 0 fully saturated rings. The summed E-state index contributed by atoms with van der Waals surface area (Å²) in [5, 5.41) is 4.16. The van der Waals surface area contributed by atoms with Gasteiger partial charge in [0.05, 0.1) is 27.0 Å². The minimum atomic E-state index is 0.424. The third-order valence-corrected chi connectivity index (χ3v) is 3.15. The first kappa shape index (κ1) is 14.2. The first-order valence-corrected chi connectivity index (χ1v) is 6.14. The Morgan fingerprint density at radius 2 is 1.90 bits per heavy atom. The van der Waals surface area contributed by atoms with E-state index in [1.165, 1.54) is 0 Å². The fourth-order valence-corrected chi connectivity index (χ4v) is 2.14. The number of aromatic nitrogens is 2. The number of anilines is 1. The highest BCUT2D eigenvalue weighted by Crippen LogP contribution is 2.39. The monoisotopic (exact) mass is 277 g/mol. The average molecular weight is 277 g/mol. The van der Waals surface area contributed by atoms with Crippen LogP contribution in [0.15, 0.2) is 18.3 Å². The maximum absolute atomic E-state index is 6.05. The molecule has 0 aliphatic heterocycles. The van der Waals surface area contributed by atoms with Gasteiger partial charge in [-0.05, 0) is 12.1 Å². The Labute approximate surface area is 118 Å². The molecule has 0 amide bonds. The molecule has 1 heterocycles. The molecule has 2 rings (SSSR count). The lowest BCUT2D eigenvalue weighted by atomic mass is 10.0. The zero-order valence-corrected chi connectivity index (χ0v) is 12.1. The van der Waals surface area contributed by atoms with Crippen LogP contribution >= 0.6 is 0 Å². The van der Waals surface area contributed by atoms with Crippen LogP contribution in [0.25, 0.3) is 11.1 Å². The summed E-state index contributed by atoms with van der Waals surface area (Å²) in [5.74, 6) is 2.00. The van der Waals surface area contributed by atoms with E-state index < -0.39 is 0 Å². The number of benzene rings is 1. The van der Waals surface area contributed by atoms with E-state index in [1.807, 2.05) is 12.1 Å². The number of nitrogen functional groups attached to an aromatic ring is 1. The zero-order valence-electron chi connectivity index (χ0n) is 12.1. The maximum atomic E-state index is 6.05. The van der Waals surface area contributed by atoms with E-state index in [-0.39, 0.29) is 0 Å². The lowest BCUT2D eigenvalue weighted by Gasteiger charge is -2.15. The van der Waals surface area contributed by atoms with Crippen molar-refractivity contribution in [2.45, 2.75) is 6.61 Å². The molecule has 0 aliphatic rings. The van der Waals surface area contributed by atoms with Crippen LogP contribution in [0, 0.1) is 0 Å². The Kier molecular flexibility index (Phi) is 4.14. The molecule has 6 nitrogen and oxygen atoms in total. The van der Waals surface area contributed by atoms with Crippen LogP contribution in [0.1, 0.15) is 5.56 Å². The van der Waals surface area contributed by atoms with Crippen LogP contribution in [0.4, 0.5) is 5.82 Å². The molecule has 0 aliphatic carbocycles. The summed E-state index contributed by atoms with van der Waals surface area (Å²) < 4.78 is 17.7. The van der Waals surface area contributed by atoms with Crippen molar-refractivity contribution >= 4 is 5.82 Å². The van der Waals surface area contributed by atoms with Gasteiger partial charge in [-0.3, -0.25) is 4.68 Å². The molecule has 1 aromatic carbocycles. The fourth-order valence-electron chi connectivity index (χ4n) is 2.14. The van der Waals surface area contributed by atoms with Gasteiger partial charge >= 0.3 is 0 Å². The minimum absolute atomic E-state index is 0.424. The zero-order chi connectivity index (χ0) is 14.7. The van der Waals surface area contributed by atoms with E-state index in [0.29, 0.717) is 18.2 Å². The van der Waals surface area contributed by atoms with Gasteiger partial charge in [-0.2, -0.15) is 5.10 Å². The number of hydrogen-bond acceptors (Lipinski definition) is 5. The van der Waals surface area contributed by atoms with Gasteiger partial charge < -0.3 is 19.9 Å². The van der Waals surface area contributed by atoms with Crippen LogP contribution in [0.3, 0.4) is 0 Å². The SMILES string of the molecule is COCc1cc(OC)cc(-c2cnn(C)c2N)c1OC. The van der Waals surface area contributed by atoms with Gasteiger partial charge in [-0.15, -0.1) is 0 Å². The second-order valence-corrected chi connectivity index (χ2v) is 4.37. The Hall–Kier alpha value is -2.21. The van der Waals surface area contributed by atoms with Crippen molar-refractivity contribution in [2.24, 2.45) is 7.05 Å². The topological polar surface area (TPSA) is 71.5 Å². The standard InChI is InChI=1S/C14H19N3O3/c1-17-14(15)12(7-16-17)11-6-10(19-3)5-9(8-18-2)13(11)20-4/h5-7H,8,15H2,1-4H3. The second-order valence-electron chi connectivity index (χ2n) is 4.37. The van der Waals surface area contributed by atoms with Crippen molar-refractivity contribution in [3.05, 3.63) is 23.9 Å². The second kappa shape index (κ2) is 5.83. The molecule has 0 atom stereocenters. The molecule has 2 aromatic rings. The number of methoxy groups -OCH3 is 3. The van der Waals surface area contributed by atoms with E-state index in [2.05, 4.69) is 5.10 Å². The fraction of sp³-hybridized carbons (Fsp3) is 0.357. The molecule has 2 N–H and O–H groups in total. The highest BCUT2D eigenvalue weighted by molar-refractivity contribution is 5.80. The lowest BCUT2D eigenvalue weighted by Crippen LogP contribution is -2.01.